The number of carbonyl (C=O) groups is 1. The Bertz CT molecular complexity index is 1420. The van der Waals surface area contributed by atoms with Crippen LogP contribution in [0, 0.1) is 11.6 Å². The Hall–Kier alpha value is -3.87. The molecule has 30 heavy (non-hydrogen) atoms. The van der Waals surface area contributed by atoms with Crippen LogP contribution >= 0.6 is 0 Å². The van der Waals surface area contributed by atoms with Gasteiger partial charge in [-0.2, -0.15) is 0 Å². The van der Waals surface area contributed by atoms with Crippen LogP contribution in [-0.4, -0.2) is 20.9 Å². The standard InChI is InChI=1S/C23H16F2N4O/c1-29-22(12-27-28-29)14-4-2-3-13(7-14)18-8-15-11-26-23(30)19(15)10-20(18)17-6-5-16(24)9-21(17)25/h2-10,12H,11H2,1H3,(H,26,30)/i1D3. The van der Waals surface area contributed by atoms with Crippen LogP contribution in [0.15, 0.2) is 60.8 Å². The maximum absolute atomic E-state index is 14.7. The van der Waals surface area contributed by atoms with E-state index in [0.717, 1.165) is 22.4 Å². The number of carbonyl (C=O) groups excluding carboxylic acids is 1. The minimum absolute atomic E-state index is 0.147. The first-order valence-electron chi connectivity index (χ1n) is 10.6. The van der Waals surface area contributed by atoms with Crippen LogP contribution in [0.5, 0.6) is 0 Å². The summed E-state index contributed by atoms with van der Waals surface area (Å²) in [7, 11) is 0. The van der Waals surface area contributed by atoms with Gasteiger partial charge in [-0.1, -0.05) is 23.4 Å². The summed E-state index contributed by atoms with van der Waals surface area (Å²) in [6.45, 7) is -2.17. The Balaban J connectivity index is 1.72. The molecule has 5 rings (SSSR count). The maximum atomic E-state index is 14.7. The van der Waals surface area contributed by atoms with Crippen molar-refractivity contribution in [2.24, 2.45) is 6.98 Å². The molecule has 1 aromatic heterocycles. The second-order valence-electron chi connectivity index (χ2n) is 6.97. The highest BCUT2D eigenvalue weighted by atomic mass is 19.1. The largest absolute Gasteiger partial charge is 0.348 e. The van der Waals surface area contributed by atoms with Crippen LogP contribution in [0.1, 0.15) is 20.0 Å². The number of hydrogen-bond acceptors (Lipinski definition) is 3. The molecular formula is C23H16F2N4O. The van der Waals surface area contributed by atoms with Crippen molar-refractivity contribution < 1.29 is 17.7 Å². The van der Waals surface area contributed by atoms with Gasteiger partial charge in [-0.15, -0.1) is 5.10 Å². The third kappa shape index (κ3) is 2.95. The molecule has 5 nitrogen and oxygen atoms in total. The summed E-state index contributed by atoms with van der Waals surface area (Å²) in [5.74, 6) is -1.72. The van der Waals surface area contributed by atoms with E-state index >= 15 is 0 Å². The second-order valence-corrected chi connectivity index (χ2v) is 6.97. The Labute approximate surface area is 175 Å². The highest BCUT2D eigenvalue weighted by Crippen LogP contribution is 2.38. The molecule has 1 aliphatic rings. The van der Waals surface area contributed by atoms with E-state index in [9.17, 15) is 13.6 Å². The molecule has 1 amide bonds. The average molecular weight is 405 g/mol. The number of nitrogens with one attached hydrogen (secondary N) is 1. The van der Waals surface area contributed by atoms with Crippen LogP contribution in [0.4, 0.5) is 8.78 Å². The zero-order valence-corrected chi connectivity index (χ0v) is 15.5. The molecule has 0 bridgehead atoms. The maximum Gasteiger partial charge on any atom is 0.251 e. The number of fused-ring (bicyclic) bond motifs is 1. The van der Waals surface area contributed by atoms with Gasteiger partial charge in [0, 0.05) is 40.4 Å². The fourth-order valence-electron chi connectivity index (χ4n) is 3.72. The van der Waals surface area contributed by atoms with Gasteiger partial charge in [0.25, 0.3) is 5.91 Å². The number of benzene rings is 3. The van der Waals surface area contributed by atoms with Crippen molar-refractivity contribution in [3.63, 3.8) is 0 Å². The van der Waals surface area contributed by atoms with E-state index in [-0.39, 0.29) is 11.5 Å². The van der Waals surface area contributed by atoms with Crippen molar-refractivity contribution in [1.82, 2.24) is 20.3 Å². The summed E-state index contributed by atoms with van der Waals surface area (Å²) < 4.78 is 52.2. The lowest BCUT2D eigenvalue weighted by Gasteiger charge is -2.14. The van der Waals surface area contributed by atoms with Crippen LogP contribution in [-0.2, 0) is 13.5 Å². The monoisotopic (exact) mass is 405 g/mol. The van der Waals surface area contributed by atoms with E-state index < -0.39 is 18.6 Å². The predicted molar refractivity (Wildman–Crippen MR) is 108 cm³/mol. The molecule has 0 atom stereocenters. The predicted octanol–water partition coefficient (Wildman–Crippen LogP) is 4.34. The van der Waals surface area contributed by atoms with Crippen LogP contribution < -0.4 is 5.32 Å². The molecule has 1 aliphatic heterocycles. The number of nitrogens with zero attached hydrogens (tertiary/aromatic N) is 3. The van der Waals surface area contributed by atoms with Crippen LogP contribution in [0.3, 0.4) is 0 Å². The van der Waals surface area contributed by atoms with E-state index in [1.807, 2.05) is 0 Å². The Morgan fingerprint density at radius 1 is 1.00 bits per heavy atom. The average Bonchev–Trinajstić information content (AvgIpc) is 3.40. The number of hydrogen-bond donors (Lipinski definition) is 1. The summed E-state index contributed by atoms with van der Waals surface area (Å²) in [6, 6.07) is 13.7. The third-order valence-corrected chi connectivity index (χ3v) is 5.17. The number of halogens is 2. The molecule has 0 saturated carbocycles. The highest BCUT2D eigenvalue weighted by molar-refractivity contribution is 6.01. The fraction of sp³-hybridized carbons (Fsp3) is 0.0870. The van der Waals surface area contributed by atoms with E-state index in [1.54, 1.807) is 36.4 Å². The zero-order chi connectivity index (χ0) is 23.3. The molecule has 148 valence electrons. The van der Waals surface area contributed by atoms with Crippen LogP contribution in [0.25, 0.3) is 33.5 Å². The number of aromatic nitrogens is 3. The molecule has 3 aromatic carbocycles. The SMILES string of the molecule is [2H]C([2H])([2H])n1nncc1-c1cccc(-c2cc3c(cc2-c2ccc(F)cc2F)C(=O)NC3)c1. The van der Waals surface area contributed by atoms with Gasteiger partial charge in [0.2, 0.25) is 0 Å². The Morgan fingerprint density at radius 2 is 1.87 bits per heavy atom. The van der Waals surface area contributed by atoms with Crippen molar-refractivity contribution in [2.75, 3.05) is 0 Å². The van der Waals surface area contributed by atoms with Gasteiger partial charge in [0.15, 0.2) is 0 Å². The van der Waals surface area contributed by atoms with Gasteiger partial charge >= 0.3 is 0 Å². The van der Waals surface area contributed by atoms with Gasteiger partial charge in [-0.3, -0.25) is 4.79 Å². The van der Waals surface area contributed by atoms with E-state index in [2.05, 4.69) is 15.6 Å². The first kappa shape index (κ1) is 15.0. The first-order valence-corrected chi connectivity index (χ1v) is 9.15. The molecule has 0 aliphatic carbocycles. The molecule has 2 heterocycles. The van der Waals surface area contributed by atoms with Crippen molar-refractivity contribution >= 4 is 5.91 Å². The molecule has 0 fully saturated rings. The van der Waals surface area contributed by atoms with Gasteiger partial charge < -0.3 is 5.32 Å². The minimum Gasteiger partial charge on any atom is -0.348 e. The summed E-state index contributed by atoms with van der Waals surface area (Å²) in [5, 5.41) is 10.2. The summed E-state index contributed by atoms with van der Waals surface area (Å²) in [6.07, 6.45) is 1.36. The lowest BCUT2D eigenvalue weighted by Crippen LogP contribution is -2.12. The second kappa shape index (κ2) is 6.88. The molecule has 7 heteroatoms. The van der Waals surface area contributed by atoms with Crippen molar-refractivity contribution in [1.29, 1.82) is 0 Å². The number of amides is 1. The lowest BCUT2D eigenvalue weighted by atomic mass is 9.89. The minimum atomic E-state index is -2.51. The van der Waals surface area contributed by atoms with Gasteiger partial charge in [-0.05, 0) is 52.6 Å². The fourth-order valence-corrected chi connectivity index (χ4v) is 3.72. The molecule has 1 N–H and O–H groups in total. The van der Waals surface area contributed by atoms with E-state index in [1.165, 1.54) is 12.3 Å². The third-order valence-electron chi connectivity index (χ3n) is 5.17. The Morgan fingerprint density at radius 3 is 2.70 bits per heavy atom. The van der Waals surface area contributed by atoms with Crippen LogP contribution in [0.2, 0.25) is 0 Å². The summed E-state index contributed by atoms with van der Waals surface area (Å²) in [4.78, 5) is 12.2. The summed E-state index contributed by atoms with van der Waals surface area (Å²) >= 11 is 0. The van der Waals surface area contributed by atoms with Crippen molar-refractivity contribution in [3.05, 3.63) is 83.6 Å². The molecule has 0 unspecified atom stereocenters. The van der Waals surface area contributed by atoms with Crippen molar-refractivity contribution in [3.8, 4) is 33.5 Å². The molecule has 0 radical (unpaired) electrons. The number of aryl methyl sites for hydroxylation is 1. The molecule has 0 spiro atoms. The zero-order valence-electron chi connectivity index (χ0n) is 18.5. The molecule has 4 aromatic rings. The molecular weight excluding hydrogens is 386 g/mol. The van der Waals surface area contributed by atoms with E-state index in [4.69, 9.17) is 4.11 Å². The molecule has 0 saturated heterocycles. The Kier molecular flexibility index (Phi) is 3.45. The first-order chi connectivity index (χ1) is 15.7. The van der Waals surface area contributed by atoms with Gasteiger partial charge in [0.1, 0.15) is 11.6 Å². The topological polar surface area (TPSA) is 59.8 Å². The quantitative estimate of drug-likeness (QED) is 0.552. The lowest BCUT2D eigenvalue weighted by molar-refractivity contribution is 0.0966. The normalized spacial score (nSPS) is 14.6. The van der Waals surface area contributed by atoms with Crippen molar-refractivity contribution in [2.45, 2.75) is 6.54 Å². The van der Waals surface area contributed by atoms with Gasteiger partial charge in [-0.25, -0.2) is 13.5 Å². The number of rotatable bonds is 3. The van der Waals surface area contributed by atoms with Gasteiger partial charge in [0.05, 0.1) is 11.9 Å². The smallest absolute Gasteiger partial charge is 0.251 e. The summed E-state index contributed by atoms with van der Waals surface area (Å²) in [5.41, 5.74) is 3.87. The van der Waals surface area contributed by atoms with E-state index in [0.29, 0.717) is 40.1 Å². The highest BCUT2D eigenvalue weighted by Gasteiger charge is 2.23.